The van der Waals surface area contributed by atoms with Crippen LogP contribution in [0.5, 0.6) is 0 Å². The number of thioether (sulfide) groups is 2. The topological polar surface area (TPSA) is 54.4 Å². The molecule has 1 aliphatic carbocycles. The number of rotatable bonds is 4. The summed E-state index contributed by atoms with van der Waals surface area (Å²) >= 11 is 2.98. The van der Waals surface area contributed by atoms with Gasteiger partial charge < -0.3 is 5.11 Å². The summed E-state index contributed by atoms with van der Waals surface area (Å²) in [4.78, 5) is 23.4. The summed E-state index contributed by atoms with van der Waals surface area (Å²) in [6.07, 6.45) is 7.97. The predicted molar refractivity (Wildman–Crippen MR) is 80.4 cm³/mol. The maximum absolute atomic E-state index is 12.1. The molecule has 1 saturated carbocycles. The van der Waals surface area contributed by atoms with Crippen LogP contribution in [0.2, 0.25) is 0 Å². The van der Waals surface area contributed by atoms with Crippen LogP contribution in [-0.4, -0.2) is 28.4 Å². The molecule has 2 aliphatic rings. The number of hydrogen-bond donors (Lipinski definition) is 1. The molecule has 1 heterocycles. The SMILES string of the molecule is O=C(O)C(C(=O)CC=C1CCCCC1)=C1SCCS1. The Morgan fingerprint density at radius 3 is 2.32 bits per heavy atom. The van der Waals surface area contributed by atoms with Gasteiger partial charge in [-0.1, -0.05) is 18.1 Å². The van der Waals surface area contributed by atoms with E-state index in [1.54, 1.807) is 0 Å². The van der Waals surface area contributed by atoms with Gasteiger partial charge >= 0.3 is 5.97 Å². The largest absolute Gasteiger partial charge is 0.478 e. The molecule has 1 N–H and O–H groups in total. The second-order valence-corrected chi connectivity index (χ2v) is 7.18. The highest BCUT2D eigenvalue weighted by Gasteiger charge is 2.25. The smallest absolute Gasteiger partial charge is 0.341 e. The molecule has 0 aromatic carbocycles. The van der Waals surface area contributed by atoms with Gasteiger partial charge in [0.1, 0.15) is 5.57 Å². The Labute approximate surface area is 121 Å². The van der Waals surface area contributed by atoms with Crippen LogP contribution in [0.4, 0.5) is 0 Å². The second kappa shape index (κ2) is 7.20. The first-order valence-electron chi connectivity index (χ1n) is 6.63. The molecule has 1 aliphatic heterocycles. The van der Waals surface area contributed by atoms with Crippen molar-refractivity contribution in [3.8, 4) is 0 Å². The Hall–Kier alpha value is -0.680. The number of carbonyl (C=O) groups excluding carboxylic acids is 1. The minimum absolute atomic E-state index is 0.000148. The molecular weight excluding hydrogens is 280 g/mol. The van der Waals surface area contributed by atoms with Crippen LogP contribution in [0.3, 0.4) is 0 Å². The third kappa shape index (κ3) is 4.14. The van der Waals surface area contributed by atoms with Crippen molar-refractivity contribution < 1.29 is 14.7 Å². The quantitative estimate of drug-likeness (QED) is 0.372. The van der Waals surface area contributed by atoms with Crippen LogP contribution in [0.25, 0.3) is 0 Å². The minimum Gasteiger partial charge on any atom is -0.478 e. The summed E-state index contributed by atoms with van der Waals surface area (Å²) < 4.78 is 0.694. The zero-order valence-electron chi connectivity index (χ0n) is 10.8. The van der Waals surface area contributed by atoms with Crippen molar-refractivity contribution in [2.45, 2.75) is 38.5 Å². The van der Waals surface area contributed by atoms with Gasteiger partial charge in [0.25, 0.3) is 0 Å². The van der Waals surface area contributed by atoms with Crippen LogP contribution in [0.15, 0.2) is 21.5 Å². The molecule has 0 atom stereocenters. The number of ketones is 1. The Bertz CT molecular complexity index is 422. The van der Waals surface area contributed by atoms with Gasteiger partial charge in [-0.05, 0) is 25.7 Å². The highest BCUT2D eigenvalue weighted by molar-refractivity contribution is 8.25. The van der Waals surface area contributed by atoms with Crippen molar-refractivity contribution in [1.82, 2.24) is 0 Å². The molecule has 0 bridgehead atoms. The number of carboxylic acids is 1. The lowest BCUT2D eigenvalue weighted by Gasteiger charge is -2.13. The first-order chi connectivity index (χ1) is 9.18. The molecule has 0 aromatic rings. The Morgan fingerprint density at radius 1 is 1.11 bits per heavy atom. The lowest BCUT2D eigenvalue weighted by Crippen LogP contribution is -2.13. The van der Waals surface area contributed by atoms with Crippen LogP contribution < -0.4 is 0 Å². The lowest BCUT2D eigenvalue weighted by atomic mass is 9.93. The van der Waals surface area contributed by atoms with E-state index >= 15 is 0 Å². The van der Waals surface area contributed by atoms with Gasteiger partial charge in [0, 0.05) is 17.9 Å². The third-order valence-electron chi connectivity index (χ3n) is 3.32. The average Bonchev–Trinajstić information content (AvgIpc) is 2.91. The molecule has 104 valence electrons. The zero-order valence-corrected chi connectivity index (χ0v) is 12.4. The molecule has 0 unspecified atom stereocenters. The van der Waals surface area contributed by atoms with E-state index in [-0.39, 0.29) is 17.8 Å². The van der Waals surface area contributed by atoms with E-state index < -0.39 is 5.97 Å². The first-order valence-corrected chi connectivity index (χ1v) is 8.60. The number of Topliss-reactive ketones (excluding diaryl/α,β-unsaturated/α-hetero) is 1. The van der Waals surface area contributed by atoms with Crippen molar-refractivity contribution in [1.29, 1.82) is 0 Å². The maximum Gasteiger partial charge on any atom is 0.341 e. The van der Waals surface area contributed by atoms with Crippen molar-refractivity contribution >= 4 is 35.3 Å². The van der Waals surface area contributed by atoms with Crippen LogP contribution in [-0.2, 0) is 9.59 Å². The average molecular weight is 298 g/mol. The van der Waals surface area contributed by atoms with Crippen LogP contribution in [0.1, 0.15) is 38.5 Å². The first kappa shape index (κ1) is 14.7. The number of carbonyl (C=O) groups is 2. The molecule has 3 nitrogen and oxygen atoms in total. The van der Waals surface area contributed by atoms with Crippen molar-refractivity contribution in [2.75, 3.05) is 11.5 Å². The second-order valence-electron chi connectivity index (χ2n) is 4.71. The number of allylic oxidation sites excluding steroid dienone is 2. The third-order valence-corrected chi connectivity index (χ3v) is 6.03. The summed E-state index contributed by atoms with van der Waals surface area (Å²) in [7, 11) is 0. The summed E-state index contributed by atoms with van der Waals surface area (Å²) in [6, 6.07) is 0. The van der Waals surface area contributed by atoms with E-state index in [1.807, 2.05) is 6.08 Å². The maximum atomic E-state index is 12.1. The molecular formula is C14H18O3S2. The molecule has 2 rings (SSSR count). The summed E-state index contributed by atoms with van der Waals surface area (Å²) in [5.74, 6) is 0.461. The van der Waals surface area contributed by atoms with Gasteiger partial charge in [0.2, 0.25) is 0 Å². The Morgan fingerprint density at radius 2 is 1.74 bits per heavy atom. The predicted octanol–water partition coefficient (Wildman–Crippen LogP) is 3.61. The highest BCUT2D eigenvalue weighted by Crippen LogP contribution is 2.39. The molecule has 0 aromatic heterocycles. The van der Waals surface area contributed by atoms with Gasteiger partial charge in [-0.25, -0.2) is 4.79 Å². The standard InChI is InChI=1S/C14H18O3S2/c15-11(7-6-10-4-2-1-3-5-10)12(13(16)17)14-18-8-9-19-14/h6H,1-5,7-9H2,(H,16,17). The van der Waals surface area contributed by atoms with E-state index in [1.165, 1.54) is 48.4 Å². The fourth-order valence-electron chi connectivity index (χ4n) is 2.32. The normalized spacial score (nSPS) is 19.4. The summed E-state index contributed by atoms with van der Waals surface area (Å²) in [5, 5.41) is 9.21. The summed E-state index contributed by atoms with van der Waals surface area (Å²) in [6.45, 7) is 0. The molecule has 5 heteroatoms. The van der Waals surface area contributed by atoms with E-state index in [0.717, 1.165) is 24.3 Å². The highest BCUT2D eigenvalue weighted by atomic mass is 32.2. The van der Waals surface area contributed by atoms with Crippen LogP contribution in [0, 0.1) is 0 Å². The van der Waals surface area contributed by atoms with E-state index in [0.29, 0.717) is 4.24 Å². The monoisotopic (exact) mass is 298 g/mol. The molecule has 0 radical (unpaired) electrons. The van der Waals surface area contributed by atoms with E-state index in [9.17, 15) is 14.7 Å². The van der Waals surface area contributed by atoms with Crippen LogP contribution >= 0.6 is 23.5 Å². The van der Waals surface area contributed by atoms with Crippen molar-refractivity contribution in [3.63, 3.8) is 0 Å². The van der Waals surface area contributed by atoms with Gasteiger partial charge in [-0.2, -0.15) is 0 Å². The Kier molecular flexibility index (Phi) is 5.58. The van der Waals surface area contributed by atoms with Gasteiger partial charge in [0.15, 0.2) is 5.78 Å². The molecule has 19 heavy (non-hydrogen) atoms. The summed E-state index contributed by atoms with van der Waals surface area (Å²) in [5.41, 5.74) is 1.32. The molecule has 1 saturated heterocycles. The van der Waals surface area contributed by atoms with Gasteiger partial charge in [-0.15, -0.1) is 23.5 Å². The molecule has 0 spiro atoms. The van der Waals surface area contributed by atoms with Gasteiger partial charge in [-0.3, -0.25) is 4.79 Å². The van der Waals surface area contributed by atoms with Crippen molar-refractivity contribution in [3.05, 3.63) is 21.5 Å². The van der Waals surface area contributed by atoms with E-state index in [2.05, 4.69) is 0 Å². The zero-order chi connectivity index (χ0) is 13.7. The number of hydrogen-bond acceptors (Lipinski definition) is 4. The lowest BCUT2D eigenvalue weighted by molar-refractivity contribution is -0.134. The Balaban J connectivity index is 2.04. The van der Waals surface area contributed by atoms with E-state index in [4.69, 9.17) is 0 Å². The number of aliphatic carboxylic acids is 1. The van der Waals surface area contributed by atoms with Gasteiger partial charge in [0.05, 0.1) is 4.24 Å². The fraction of sp³-hybridized carbons (Fsp3) is 0.571. The van der Waals surface area contributed by atoms with Crippen molar-refractivity contribution in [2.24, 2.45) is 0 Å². The fourth-order valence-corrected chi connectivity index (χ4v) is 4.89. The minimum atomic E-state index is -1.08. The molecule has 0 amide bonds. The molecule has 2 fully saturated rings. The number of carboxylic acid groups (broad SMARTS) is 1.